The van der Waals surface area contributed by atoms with Crippen LogP contribution in [-0.2, 0) is 24.7 Å². The van der Waals surface area contributed by atoms with Gasteiger partial charge in [-0.1, -0.05) is 31.0 Å². The summed E-state index contributed by atoms with van der Waals surface area (Å²) in [6, 6.07) is 4.78. The first-order chi connectivity index (χ1) is 13.8. The number of carbonyl (C=O) groups excluding carboxylic acids is 4. The molecule has 3 heterocycles. The van der Waals surface area contributed by atoms with E-state index in [0.29, 0.717) is 35.7 Å². The summed E-state index contributed by atoms with van der Waals surface area (Å²) >= 11 is 6.29. The van der Waals surface area contributed by atoms with E-state index in [1.807, 2.05) is 6.92 Å². The molecule has 4 atom stereocenters. The van der Waals surface area contributed by atoms with Crippen LogP contribution in [0.5, 0.6) is 0 Å². The van der Waals surface area contributed by atoms with Gasteiger partial charge in [0.15, 0.2) is 0 Å². The van der Waals surface area contributed by atoms with E-state index < -0.39 is 29.3 Å². The molecule has 1 aromatic rings. The zero-order valence-corrected chi connectivity index (χ0v) is 16.9. The largest absolute Gasteiger partial charge is 0.370 e. The third-order valence-corrected chi connectivity index (χ3v) is 6.72. The number of nitrogens with two attached hydrogens (primary N) is 2. The normalized spacial score (nSPS) is 30.1. The summed E-state index contributed by atoms with van der Waals surface area (Å²) in [7, 11) is 0. The van der Waals surface area contributed by atoms with E-state index in [-0.39, 0.29) is 24.1 Å². The van der Waals surface area contributed by atoms with E-state index in [9.17, 15) is 19.2 Å². The number of halogens is 1. The number of hydrogen-bond acceptors (Lipinski definition) is 4. The predicted molar refractivity (Wildman–Crippen MR) is 105 cm³/mol. The van der Waals surface area contributed by atoms with E-state index in [0.717, 1.165) is 6.42 Å². The summed E-state index contributed by atoms with van der Waals surface area (Å²) in [4.78, 5) is 52.5. The predicted octanol–water partition coefficient (Wildman–Crippen LogP) is 0.0998. The molecule has 0 aliphatic carbocycles. The van der Waals surface area contributed by atoms with Gasteiger partial charge in [0.05, 0.1) is 10.7 Å². The van der Waals surface area contributed by atoms with Crippen LogP contribution >= 0.6 is 11.6 Å². The van der Waals surface area contributed by atoms with E-state index in [4.69, 9.17) is 17.3 Å². The maximum Gasteiger partial charge on any atom is 0.291 e. The first kappa shape index (κ1) is 19.8. The molecule has 4 rings (SSSR count). The molecule has 3 aliphatic rings. The molecular formula is C20H24ClN4O4+. The molecule has 2 saturated heterocycles. The lowest BCUT2D eigenvalue weighted by molar-refractivity contribution is -0.734. The maximum atomic E-state index is 13.4. The van der Waals surface area contributed by atoms with E-state index in [1.54, 1.807) is 23.5 Å². The maximum absolute atomic E-state index is 13.4. The van der Waals surface area contributed by atoms with Crippen molar-refractivity contribution in [3.63, 3.8) is 0 Å². The van der Waals surface area contributed by atoms with Gasteiger partial charge in [-0.2, -0.15) is 0 Å². The number of fused-ring (bicyclic) bond motifs is 4. The SMILES string of the molecule is CCCCN1C(=O)[C@H]2[C@@H](C1=O)[C@]1([NH2+][C@@H]2CCC(N)=O)C(=O)Nc2c(Cl)cccc21. The Morgan fingerprint density at radius 1 is 1.31 bits per heavy atom. The number of para-hydroxylation sites is 1. The lowest BCUT2D eigenvalue weighted by atomic mass is 9.76. The highest BCUT2D eigenvalue weighted by Gasteiger charge is 2.74. The highest BCUT2D eigenvalue weighted by atomic mass is 35.5. The lowest BCUT2D eigenvalue weighted by Crippen LogP contribution is -2.99. The highest BCUT2D eigenvalue weighted by Crippen LogP contribution is 2.50. The molecule has 5 N–H and O–H groups in total. The minimum absolute atomic E-state index is 0.0842. The second kappa shape index (κ2) is 7.11. The molecule has 0 saturated carbocycles. The first-order valence-corrected chi connectivity index (χ1v) is 10.3. The van der Waals surface area contributed by atoms with Crippen molar-refractivity contribution in [3.8, 4) is 0 Å². The summed E-state index contributed by atoms with van der Waals surface area (Å²) in [6.07, 6.45) is 1.95. The van der Waals surface area contributed by atoms with Crippen molar-refractivity contribution in [1.82, 2.24) is 4.90 Å². The molecular weight excluding hydrogens is 396 g/mol. The van der Waals surface area contributed by atoms with E-state index in [1.165, 1.54) is 4.90 Å². The van der Waals surface area contributed by atoms with Crippen LogP contribution in [0.1, 0.15) is 38.2 Å². The zero-order chi connectivity index (χ0) is 20.9. The molecule has 9 heteroatoms. The molecule has 3 aliphatic heterocycles. The summed E-state index contributed by atoms with van der Waals surface area (Å²) in [5.41, 5.74) is 5.16. The molecule has 4 amide bonds. The smallest absolute Gasteiger partial charge is 0.291 e. The molecule has 29 heavy (non-hydrogen) atoms. The number of nitrogens with one attached hydrogen (secondary N) is 1. The van der Waals surface area contributed by atoms with Gasteiger partial charge in [0.2, 0.25) is 23.3 Å². The minimum atomic E-state index is -1.26. The van der Waals surface area contributed by atoms with Crippen molar-refractivity contribution in [2.75, 3.05) is 11.9 Å². The van der Waals surface area contributed by atoms with Gasteiger partial charge < -0.3 is 16.4 Å². The average Bonchev–Trinajstić information content (AvgIpc) is 3.25. The van der Waals surface area contributed by atoms with Gasteiger partial charge in [0, 0.05) is 24.9 Å². The van der Waals surface area contributed by atoms with Crippen LogP contribution in [0.15, 0.2) is 18.2 Å². The molecule has 1 aromatic carbocycles. The van der Waals surface area contributed by atoms with Gasteiger partial charge in [-0.05, 0) is 18.6 Å². The highest BCUT2D eigenvalue weighted by molar-refractivity contribution is 6.35. The van der Waals surface area contributed by atoms with Crippen LogP contribution in [0.25, 0.3) is 0 Å². The molecule has 2 fully saturated rings. The Balaban J connectivity index is 1.81. The van der Waals surface area contributed by atoms with Crippen molar-refractivity contribution in [2.24, 2.45) is 17.6 Å². The van der Waals surface area contributed by atoms with Crippen LogP contribution in [0.3, 0.4) is 0 Å². The monoisotopic (exact) mass is 419 g/mol. The van der Waals surface area contributed by atoms with Gasteiger partial charge >= 0.3 is 0 Å². The van der Waals surface area contributed by atoms with Crippen LogP contribution < -0.4 is 16.4 Å². The standard InChI is InChI=1S/C20H23ClN4O4/c1-2-3-9-25-17(27)14-12(7-8-13(22)26)24-20(15(14)18(25)28)10-5-4-6-11(21)16(10)23-19(20)29/h4-6,12,14-15,24H,2-3,7-9H2,1H3,(H2,22,26)(H,23,29)/p+1/t12-,14-,15+,20+/m1/s1. The number of hydrogen-bond donors (Lipinski definition) is 3. The molecule has 0 bridgehead atoms. The number of imide groups is 1. The third kappa shape index (κ3) is 2.77. The lowest BCUT2D eigenvalue weighted by Gasteiger charge is -2.26. The van der Waals surface area contributed by atoms with Crippen molar-refractivity contribution >= 4 is 40.9 Å². The summed E-state index contributed by atoms with van der Waals surface area (Å²) < 4.78 is 0. The van der Waals surface area contributed by atoms with Crippen molar-refractivity contribution in [2.45, 2.75) is 44.2 Å². The third-order valence-electron chi connectivity index (χ3n) is 6.40. The van der Waals surface area contributed by atoms with Crippen molar-refractivity contribution in [3.05, 3.63) is 28.8 Å². The number of carbonyl (C=O) groups is 4. The van der Waals surface area contributed by atoms with Gasteiger partial charge in [0.1, 0.15) is 17.9 Å². The number of anilines is 1. The number of primary amides is 1. The fourth-order valence-corrected chi connectivity index (χ4v) is 5.35. The van der Waals surface area contributed by atoms with Gasteiger partial charge in [-0.3, -0.25) is 24.1 Å². The Labute approximate surface area is 173 Å². The Morgan fingerprint density at radius 2 is 2.07 bits per heavy atom. The number of benzene rings is 1. The summed E-state index contributed by atoms with van der Waals surface area (Å²) in [6.45, 7) is 2.32. The number of nitrogens with zero attached hydrogens (tertiary/aromatic N) is 1. The molecule has 0 radical (unpaired) electrons. The number of unbranched alkanes of at least 4 members (excludes halogenated alkanes) is 1. The summed E-state index contributed by atoms with van der Waals surface area (Å²) in [5, 5.41) is 4.99. The molecule has 1 spiro atoms. The minimum Gasteiger partial charge on any atom is -0.370 e. The quantitative estimate of drug-likeness (QED) is 0.565. The molecule has 8 nitrogen and oxygen atoms in total. The van der Waals surface area contributed by atoms with Crippen molar-refractivity contribution in [1.29, 1.82) is 0 Å². The molecule has 0 unspecified atom stereocenters. The van der Waals surface area contributed by atoms with Crippen molar-refractivity contribution < 1.29 is 24.5 Å². The van der Waals surface area contributed by atoms with Gasteiger partial charge in [0.25, 0.3) is 5.91 Å². The summed E-state index contributed by atoms with van der Waals surface area (Å²) in [5.74, 6) is -2.92. The van der Waals surface area contributed by atoms with Crippen LogP contribution in [0.2, 0.25) is 5.02 Å². The fraction of sp³-hybridized carbons (Fsp3) is 0.500. The van der Waals surface area contributed by atoms with Crippen LogP contribution in [0.4, 0.5) is 5.69 Å². The van der Waals surface area contributed by atoms with Crippen LogP contribution in [-0.4, -0.2) is 41.1 Å². The number of quaternary nitrogens is 1. The van der Waals surface area contributed by atoms with Gasteiger partial charge in [-0.25, -0.2) is 0 Å². The molecule has 0 aromatic heterocycles. The number of amides is 4. The zero-order valence-electron chi connectivity index (χ0n) is 16.1. The topological polar surface area (TPSA) is 126 Å². The fourth-order valence-electron chi connectivity index (χ4n) is 5.12. The Kier molecular flexibility index (Phi) is 4.86. The molecule has 154 valence electrons. The van der Waals surface area contributed by atoms with E-state index in [2.05, 4.69) is 5.32 Å². The van der Waals surface area contributed by atoms with Crippen LogP contribution in [0, 0.1) is 11.8 Å². The Hall–Kier alpha value is -2.45. The second-order valence-corrected chi connectivity index (χ2v) is 8.41. The number of rotatable bonds is 6. The van der Waals surface area contributed by atoms with Gasteiger partial charge in [-0.15, -0.1) is 0 Å². The van der Waals surface area contributed by atoms with E-state index >= 15 is 0 Å². The first-order valence-electron chi connectivity index (χ1n) is 9.93. The Morgan fingerprint density at radius 3 is 2.76 bits per heavy atom. The average molecular weight is 420 g/mol. The second-order valence-electron chi connectivity index (χ2n) is 8.01. The number of likely N-dealkylation sites (tertiary alicyclic amines) is 1. The Bertz CT molecular complexity index is 920.